The molecular formula is C16H17N3O2S. The van der Waals surface area contributed by atoms with E-state index in [0.29, 0.717) is 5.56 Å². The van der Waals surface area contributed by atoms with Crippen LogP contribution in [0.3, 0.4) is 0 Å². The molecule has 1 aromatic carbocycles. The fraction of sp³-hybridized carbons (Fsp3) is 0.312. The van der Waals surface area contributed by atoms with E-state index in [1.165, 1.54) is 10.4 Å². The van der Waals surface area contributed by atoms with Crippen molar-refractivity contribution in [3.05, 3.63) is 45.8 Å². The highest BCUT2D eigenvalue weighted by molar-refractivity contribution is 7.16. The van der Waals surface area contributed by atoms with Crippen LogP contribution in [0.5, 0.6) is 5.75 Å². The Morgan fingerprint density at radius 2 is 2.14 bits per heavy atom. The normalized spacial score (nSPS) is 20.8. The number of nitrogens with zero attached hydrogens (tertiary/aromatic N) is 1. The predicted octanol–water partition coefficient (Wildman–Crippen LogP) is 2.30. The standard InChI is InChI=1S/C16H17N3O2S/c1-19-7-6-10-12(8-19)22-16-13(10)15(21)17-14(18-16)9-4-2-3-5-11(9)20/h2-5,14,18,20H,6-8H2,1H3,(H,17,21)/t14-/m0/s1. The van der Waals surface area contributed by atoms with E-state index in [1.807, 2.05) is 12.1 Å². The van der Waals surface area contributed by atoms with Gasteiger partial charge >= 0.3 is 0 Å². The first-order chi connectivity index (χ1) is 10.6. The lowest BCUT2D eigenvalue weighted by atomic mass is 10.0. The third-order valence-corrected chi connectivity index (χ3v) is 5.42. The highest BCUT2D eigenvalue weighted by Crippen LogP contribution is 2.41. The molecule has 1 atom stereocenters. The van der Waals surface area contributed by atoms with Gasteiger partial charge in [-0.3, -0.25) is 4.79 Å². The zero-order valence-electron chi connectivity index (χ0n) is 12.2. The topological polar surface area (TPSA) is 64.6 Å². The molecule has 2 aromatic rings. The molecule has 0 spiro atoms. The Labute approximate surface area is 132 Å². The Morgan fingerprint density at radius 3 is 2.95 bits per heavy atom. The van der Waals surface area contributed by atoms with Crippen LogP contribution < -0.4 is 10.6 Å². The van der Waals surface area contributed by atoms with E-state index in [4.69, 9.17) is 0 Å². The minimum Gasteiger partial charge on any atom is -0.508 e. The number of carbonyl (C=O) groups excluding carboxylic acids is 1. The molecule has 0 saturated carbocycles. The maximum absolute atomic E-state index is 12.6. The van der Waals surface area contributed by atoms with Crippen molar-refractivity contribution in [3.8, 4) is 5.75 Å². The molecule has 0 saturated heterocycles. The Bertz CT molecular complexity index is 756. The molecule has 2 aliphatic heterocycles. The zero-order valence-corrected chi connectivity index (χ0v) is 13.0. The molecule has 0 fully saturated rings. The van der Waals surface area contributed by atoms with Gasteiger partial charge in [0.15, 0.2) is 0 Å². The van der Waals surface area contributed by atoms with Crippen LogP contribution in [-0.4, -0.2) is 29.5 Å². The van der Waals surface area contributed by atoms with Crippen molar-refractivity contribution in [2.24, 2.45) is 0 Å². The monoisotopic (exact) mass is 315 g/mol. The first kappa shape index (κ1) is 13.6. The molecule has 1 aromatic heterocycles. The van der Waals surface area contributed by atoms with Crippen molar-refractivity contribution < 1.29 is 9.90 Å². The molecule has 0 aliphatic carbocycles. The van der Waals surface area contributed by atoms with Gasteiger partial charge in [-0.2, -0.15) is 0 Å². The van der Waals surface area contributed by atoms with E-state index >= 15 is 0 Å². The van der Waals surface area contributed by atoms with E-state index in [2.05, 4.69) is 22.6 Å². The molecule has 0 unspecified atom stereocenters. The highest BCUT2D eigenvalue weighted by Gasteiger charge is 2.33. The first-order valence-corrected chi connectivity index (χ1v) is 8.13. The molecule has 4 rings (SSSR count). The van der Waals surface area contributed by atoms with Gasteiger partial charge in [-0.1, -0.05) is 18.2 Å². The number of nitrogens with one attached hydrogen (secondary N) is 2. The van der Waals surface area contributed by atoms with E-state index in [9.17, 15) is 9.90 Å². The van der Waals surface area contributed by atoms with Crippen molar-refractivity contribution in [2.75, 3.05) is 18.9 Å². The molecule has 5 nitrogen and oxygen atoms in total. The Morgan fingerprint density at radius 1 is 1.32 bits per heavy atom. The van der Waals surface area contributed by atoms with Crippen molar-refractivity contribution in [3.63, 3.8) is 0 Å². The van der Waals surface area contributed by atoms with Crippen LogP contribution in [0.2, 0.25) is 0 Å². The van der Waals surface area contributed by atoms with E-state index in [-0.39, 0.29) is 17.8 Å². The summed E-state index contributed by atoms with van der Waals surface area (Å²) in [5, 5.41) is 17.2. The maximum Gasteiger partial charge on any atom is 0.256 e. The fourth-order valence-electron chi connectivity index (χ4n) is 3.13. The molecule has 114 valence electrons. The number of benzene rings is 1. The van der Waals surface area contributed by atoms with Gasteiger partial charge < -0.3 is 20.6 Å². The molecule has 3 heterocycles. The van der Waals surface area contributed by atoms with Crippen LogP contribution >= 0.6 is 11.3 Å². The number of hydrogen-bond donors (Lipinski definition) is 3. The lowest BCUT2D eigenvalue weighted by Crippen LogP contribution is -2.38. The second kappa shape index (κ2) is 5.00. The van der Waals surface area contributed by atoms with Crippen LogP contribution in [0.1, 0.15) is 32.5 Å². The van der Waals surface area contributed by atoms with Crippen LogP contribution in [0.15, 0.2) is 24.3 Å². The average Bonchev–Trinajstić information content (AvgIpc) is 2.85. The lowest BCUT2D eigenvalue weighted by molar-refractivity contribution is 0.0934. The van der Waals surface area contributed by atoms with E-state index in [0.717, 1.165) is 30.1 Å². The molecule has 0 radical (unpaired) electrons. The van der Waals surface area contributed by atoms with Gasteiger partial charge in [0.25, 0.3) is 5.91 Å². The minimum atomic E-state index is -0.390. The van der Waals surface area contributed by atoms with Crippen molar-refractivity contribution >= 4 is 22.2 Å². The van der Waals surface area contributed by atoms with Gasteiger partial charge in [0.1, 0.15) is 16.9 Å². The number of aromatic hydroxyl groups is 1. The molecule has 0 bridgehead atoms. The second-order valence-electron chi connectivity index (χ2n) is 5.81. The smallest absolute Gasteiger partial charge is 0.256 e. The number of likely N-dealkylation sites (N-methyl/N-ethyl adjacent to an activating group) is 1. The minimum absolute atomic E-state index is 0.0518. The Kier molecular flexibility index (Phi) is 3.09. The summed E-state index contributed by atoms with van der Waals surface area (Å²) in [6.45, 7) is 1.87. The third kappa shape index (κ3) is 2.07. The van der Waals surface area contributed by atoms with E-state index in [1.54, 1.807) is 23.5 Å². The number of para-hydroxylation sites is 1. The summed E-state index contributed by atoms with van der Waals surface area (Å²) in [5.41, 5.74) is 2.66. The lowest BCUT2D eigenvalue weighted by Gasteiger charge is -2.27. The number of hydrogen-bond acceptors (Lipinski definition) is 5. The summed E-state index contributed by atoms with van der Waals surface area (Å²) >= 11 is 1.65. The zero-order chi connectivity index (χ0) is 15.3. The Hall–Kier alpha value is -2.05. The molecule has 2 aliphatic rings. The first-order valence-electron chi connectivity index (χ1n) is 7.32. The summed E-state index contributed by atoms with van der Waals surface area (Å²) < 4.78 is 0. The van der Waals surface area contributed by atoms with Crippen LogP contribution in [0.25, 0.3) is 0 Å². The molecular weight excluding hydrogens is 298 g/mol. The predicted molar refractivity (Wildman–Crippen MR) is 86.3 cm³/mol. The summed E-state index contributed by atoms with van der Waals surface area (Å²) in [5.74, 6) is 0.133. The average molecular weight is 315 g/mol. The fourth-order valence-corrected chi connectivity index (χ4v) is 4.48. The van der Waals surface area contributed by atoms with Crippen LogP contribution in [0, 0.1) is 0 Å². The van der Waals surface area contributed by atoms with Gasteiger partial charge in [-0.15, -0.1) is 11.3 Å². The van der Waals surface area contributed by atoms with Crippen molar-refractivity contribution in [1.29, 1.82) is 0 Å². The quantitative estimate of drug-likeness (QED) is 0.755. The second-order valence-corrected chi connectivity index (χ2v) is 6.91. The summed E-state index contributed by atoms with van der Waals surface area (Å²) in [4.78, 5) is 16.1. The summed E-state index contributed by atoms with van der Waals surface area (Å²) in [6, 6.07) is 7.08. The highest BCUT2D eigenvalue weighted by atomic mass is 32.1. The molecule has 22 heavy (non-hydrogen) atoms. The van der Waals surface area contributed by atoms with Gasteiger partial charge in [0, 0.05) is 23.5 Å². The van der Waals surface area contributed by atoms with Gasteiger partial charge in [-0.25, -0.2) is 0 Å². The van der Waals surface area contributed by atoms with Gasteiger partial charge in [-0.05, 0) is 25.1 Å². The number of rotatable bonds is 1. The van der Waals surface area contributed by atoms with Crippen molar-refractivity contribution in [2.45, 2.75) is 19.1 Å². The van der Waals surface area contributed by atoms with Gasteiger partial charge in [0.05, 0.1) is 5.56 Å². The van der Waals surface area contributed by atoms with Crippen LogP contribution in [-0.2, 0) is 13.0 Å². The number of anilines is 1. The molecule has 3 N–H and O–H groups in total. The number of fused-ring (bicyclic) bond motifs is 3. The number of amides is 1. The maximum atomic E-state index is 12.6. The SMILES string of the molecule is CN1CCc2c(sc3c2C(=O)N[C@H](c2ccccc2O)N3)C1. The third-order valence-electron chi connectivity index (χ3n) is 4.27. The number of carbonyl (C=O) groups is 1. The Balaban J connectivity index is 1.73. The van der Waals surface area contributed by atoms with E-state index < -0.39 is 0 Å². The molecule has 6 heteroatoms. The number of thiophene rings is 1. The number of phenols is 1. The summed E-state index contributed by atoms with van der Waals surface area (Å²) in [7, 11) is 2.10. The largest absolute Gasteiger partial charge is 0.508 e. The summed E-state index contributed by atoms with van der Waals surface area (Å²) in [6.07, 6.45) is 0.521. The van der Waals surface area contributed by atoms with Crippen LogP contribution in [0.4, 0.5) is 5.00 Å². The van der Waals surface area contributed by atoms with Gasteiger partial charge in [0.2, 0.25) is 0 Å². The van der Waals surface area contributed by atoms with Crippen molar-refractivity contribution in [1.82, 2.24) is 10.2 Å². The molecule has 1 amide bonds. The number of phenolic OH excluding ortho intramolecular Hbond substituents is 1.